The van der Waals surface area contributed by atoms with E-state index in [1.807, 2.05) is 4.90 Å². The van der Waals surface area contributed by atoms with E-state index < -0.39 is 0 Å². The number of nitrogens with one attached hydrogen (secondary N) is 1. The fourth-order valence-electron chi connectivity index (χ4n) is 2.29. The third-order valence-electron chi connectivity index (χ3n) is 3.24. The van der Waals surface area contributed by atoms with Crippen LogP contribution in [0, 0.1) is 0 Å². The minimum absolute atomic E-state index is 0. The van der Waals surface area contributed by atoms with E-state index in [2.05, 4.69) is 12.2 Å². The monoisotopic (exact) mass is 248 g/mol. The van der Waals surface area contributed by atoms with Crippen LogP contribution in [0.5, 0.6) is 0 Å². The summed E-state index contributed by atoms with van der Waals surface area (Å²) in [5.41, 5.74) is 0. The van der Waals surface area contributed by atoms with Crippen molar-refractivity contribution in [2.45, 2.75) is 38.3 Å². The molecular formula is C11H21ClN2O2. The Kier molecular flexibility index (Phi) is 5.52. The van der Waals surface area contributed by atoms with Gasteiger partial charge in [0.25, 0.3) is 5.91 Å². The number of halogens is 1. The molecule has 2 aliphatic heterocycles. The number of hydrogen-bond acceptors (Lipinski definition) is 3. The van der Waals surface area contributed by atoms with E-state index in [1.165, 1.54) is 0 Å². The highest BCUT2D eigenvalue weighted by atomic mass is 35.5. The molecule has 0 aromatic heterocycles. The molecule has 5 heteroatoms. The molecule has 0 saturated carbocycles. The lowest BCUT2D eigenvalue weighted by Gasteiger charge is -2.37. The first-order chi connectivity index (χ1) is 7.29. The first-order valence-electron chi connectivity index (χ1n) is 5.92. The summed E-state index contributed by atoms with van der Waals surface area (Å²) in [5.74, 6) is 0.198. The van der Waals surface area contributed by atoms with Gasteiger partial charge in [0, 0.05) is 32.3 Å². The van der Waals surface area contributed by atoms with Crippen LogP contribution in [0.25, 0.3) is 0 Å². The summed E-state index contributed by atoms with van der Waals surface area (Å²) < 4.78 is 5.53. The second-order valence-electron chi connectivity index (χ2n) is 4.44. The maximum atomic E-state index is 12.1. The van der Waals surface area contributed by atoms with Crippen LogP contribution in [-0.2, 0) is 9.53 Å². The topological polar surface area (TPSA) is 41.6 Å². The van der Waals surface area contributed by atoms with Gasteiger partial charge in [0.05, 0.1) is 0 Å². The fourth-order valence-corrected chi connectivity index (χ4v) is 2.29. The van der Waals surface area contributed by atoms with Gasteiger partial charge >= 0.3 is 0 Å². The van der Waals surface area contributed by atoms with Crippen molar-refractivity contribution in [2.24, 2.45) is 0 Å². The van der Waals surface area contributed by atoms with Crippen molar-refractivity contribution in [2.75, 3.05) is 26.2 Å². The summed E-state index contributed by atoms with van der Waals surface area (Å²) in [7, 11) is 0. The zero-order valence-corrected chi connectivity index (χ0v) is 10.6. The van der Waals surface area contributed by atoms with Gasteiger partial charge < -0.3 is 15.0 Å². The van der Waals surface area contributed by atoms with Gasteiger partial charge in [0.2, 0.25) is 0 Å². The lowest BCUT2D eigenvalue weighted by molar-refractivity contribution is -0.149. The van der Waals surface area contributed by atoms with E-state index in [0.717, 1.165) is 45.5 Å². The van der Waals surface area contributed by atoms with Crippen LogP contribution in [0.3, 0.4) is 0 Å². The predicted molar refractivity (Wildman–Crippen MR) is 64.9 cm³/mol. The van der Waals surface area contributed by atoms with Crippen LogP contribution >= 0.6 is 12.4 Å². The number of carbonyl (C=O) groups excluding carboxylic acids is 1. The van der Waals surface area contributed by atoms with Crippen molar-refractivity contribution >= 4 is 18.3 Å². The van der Waals surface area contributed by atoms with E-state index in [0.29, 0.717) is 6.04 Å². The van der Waals surface area contributed by atoms with Crippen molar-refractivity contribution in [3.63, 3.8) is 0 Å². The van der Waals surface area contributed by atoms with Gasteiger partial charge in [0.1, 0.15) is 6.10 Å². The number of carbonyl (C=O) groups is 1. The van der Waals surface area contributed by atoms with Crippen LogP contribution in [0.2, 0.25) is 0 Å². The van der Waals surface area contributed by atoms with Gasteiger partial charge in [-0.2, -0.15) is 0 Å². The molecule has 1 unspecified atom stereocenters. The van der Waals surface area contributed by atoms with Crippen molar-refractivity contribution in [1.82, 2.24) is 10.2 Å². The van der Waals surface area contributed by atoms with Gasteiger partial charge in [-0.25, -0.2) is 0 Å². The molecular weight excluding hydrogens is 228 g/mol. The zero-order chi connectivity index (χ0) is 10.7. The number of ether oxygens (including phenoxy) is 1. The summed E-state index contributed by atoms with van der Waals surface area (Å²) in [6.07, 6.45) is 2.95. The summed E-state index contributed by atoms with van der Waals surface area (Å²) in [5, 5.41) is 3.29. The molecule has 0 radical (unpaired) electrons. The van der Waals surface area contributed by atoms with Gasteiger partial charge in [-0.15, -0.1) is 12.4 Å². The maximum Gasteiger partial charge on any atom is 0.252 e. The lowest BCUT2D eigenvalue weighted by atomic mass is 10.1. The Labute approximate surface area is 103 Å². The molecule has 1 N–H and O–H groups in total. The van der Waals surface area contributed by atoms with E-state index in [1.54, 1.807) is 0 Å². The Balaban J connectivity index is 0.00000128. The molecule has 0 spiro atoms. The van der Waals surface area contributed by atoms with Crippen molar-refractivity contribution < 1.29 is 9.53 Å². The summed E-state index contributed by atoms with van der Waals surface area (Å²) >= 11 is 0. The molecule has 4 nitrogen and oxygen atoms in total. The third-order valence-corrected chi connectivity index (χ3v) is 3.24. The average Bonchev–Trinajstić information content (AvgIpc) is 2.30. The lowest BCUT2D eigenvalue weighted by Crippen LogP contribution is -2.55. The molecule has 2 saturated heterocycles. The third kappa shape index (κ3) is 3.09. The van der Waals surface area contributed by atoms with Crippen LogP contribution in [0.1, 0.15) is 26.2 Å². The second-order valence-corrected chi connectivity index (χ2v) is 4.44. The highest BCUT2D eigenvalue weighted by molar-refractivity contribution is 5.85. The molecule has 2 aliphatic rings. The second kappa shape index (κ2) is 6.42. The van der Waals surface area contributed by atoms with Gasteiger partial charge in [-0.1, -0.05) is 0 Å². The van der Waals surface area contributed by atoms with Crippen LogP contribution in [0.15, 0.2) is 0 Å². The van der Waals surface area contributed by atoms with Crippen LogP contribution in [-0.4, -0.2) is 49.2 Å². The Morgan fingerprint density at radius 2 is 2.25 bits per heavy atom. The Hall–Kier alpha value is -0.320. The quantitative estimate of drug-likeness (QED) is 0.746. The molecule has 0 aliphatic carbocycles. The number of rotatable bonds is 1. The smallest absolute Gasteiger partial charge is 0.252 e. The number of nitrogens with zero attached hydrogens (tertiary/aromatic N) is 1. The normalized spacial score (nSPS) is 30.7. The van der Waals surface area contributed by atoms with Crippen molar-refractivity contribution in [3.05, 3.63) is 0 Å². The van der Waals surface area contributed by atoms with Crippen LogP contribution < -0.4 is 5.32 Å². The number of hydrogen-bond donors (Lipinski definition) is 1. The van der Waals surface area contributed by atoms with E-state index >= 15 is 0 Å². The Bertz CT molecular complexity index is 232. The highest BCUT2D eigenvalue weighted by Crippen LogP contribution is 2.16. The minimum atomic E-state index is -0.167. The Morgan fingerprint density at radius 3 is 2.88 bits per heavy atom. The predicted octanol–water partition coefficient (Wildman–Crippen LogP) is 0.798. The first-order valence-corrected chi connectivity index (χ1v) is 5.92. The molecule has 2 fully saturated rings. The highest BCUT2D eigenvalue weighted by Gasteiger charge is 2.30. The number of amides is 1. The molecule has 16 heavy (non-hydrogen) atoms. The van der Waals surface area contributed by atoms with Crippen molar-refractivity contribution in [1.29, 1.82) is 0 Å². The maximum absolute atomic E-state index is 12.1. The average molecular weight is 249 g/mol. The summed E-state index contributed by atoms with van der Waals surface area (Å²) in [4.78, 5) is 14.1. The largest absolute Gasteiger partial charge is 0.368 e. The molecule has 2 rings (SSSR count). The first kappa shape index (κ1) is 13.7. The molecule has 94 valence electrons. The number of piperazine rings is 1. The van der Waals surface area contributed by atoms with E-state index in [4.69, 9.17) is 4.74 Å². The minimum Gasteiger partial charge on any atom is -0.368 e. The van der Waals surface area contributed by atoms with Gasteiger partial charge in [0.15, 0.2) is 0 Å². The van der Waals surface area contributed by atoms with E-state index in [-0.39, 0.29) is 24.4 Å². The molecule has 2 heterocycles. The van der Waals surface area contributed by atoms with E-state index in [9.17, 15) is 4.79 Å². The summed E-state index contributed by atoms with van der Waals surface area (Å²) in [6.45, 7) is 5.46. The van der Waals surface area contributed by atoms with Crippen LogP contribution in [0.4, 0.5) is 0 Å². The fraction of sp³-hybridized carbons (Fsp3) is 0.909. The molecule has 0 aromatic carbocycles. The molecule has 2 atom stereocenters. The molecule has 0 aromatic rings. The van der Waals surface area contributed by atoms with Gasteiger partial charge in [-0.05, 0) is 26.2 Å². The van der Waals surface area contributed by atoms with Gasteiger partial charge in [-0.3, -0.25) is 4.79 Å². The molecule has 1 amide bonds. The zero-order valence-electron chi connectivity index (χ0n) is 9.78. The summed E-state index contributed by atoms with van der Waals surface area (Å²) in [6, 6.07) is 0.303. The Morgan fingerprint density at radius 1 is 1.44 bits per heavy atom. The SMILES string of the molecule is C[C@H]1CNCCN1C(=O)C1CCCCO1.Cl. The molecule has 0 bridgehead atoms. The van der Waals surface area contributed by atoms with Crippen molar-refractivity contribution in [3.8, 4) is 0 Å². The standard InChI is InChI=1S/C11H20N2O2.ClH/c1-9-8-12-5-6-13(9)11(14)10-4-2-3-7-15-10;/h9-10,12H,2-8H2,1H3;1H/t9-,10?;/m0./s1.